The number of aromatic nitrogens is 1. The summed E-state index contributed by atoms with van der Waals surface area (Å²) in [7, 11) is 0. The van der Waals surface area contributed by atoms with Gasteiger partial charge in [-0.1, -0.05) is 6.08 Å². The summed E-state index contributed by atoms with van der Waals surface area (Å²) in [5.41, 5.74) is 2.14. The highest BCUT2D eigenvalue weighted by Gasteiger charge is 2.15. The van der Waals surface area contributed by atoms with Crippen molar-refractivity contribution in [1.29, 1.82) is 0 Å². The molecular formula is C18H14FN3O2S. The third kappa shape index (κ3) is 3.16. The summed E-state index contributed by atoms with van der Waals surface area (Å²) in [6, 6.07) is 7.64. The van der Waals surface area contributed by atoms with Crippen molar-refractivity contribution in [2.45, 2.75) is 6.42 Å². The third-order valence-corrected chi connectivity index (χ3v) is 5.21. The van der Waals surface area contributed by atoms with Crippen LogP contribution in [0.15, 0.2) is 47.8 Å². The molecule has 3 heterocycles. The summed E-state index contributed by atoms with van der Waals surface area (Å²) >= 11 is 1.59. The largest absolute Gasteiger partial charge is 0.453 e. The number of nitroso groups, excluding NO2 is 1. The smallest absolute Gasteiger partial charge is 0.167 e. The van der Waals surface area contributed by atoms with E-state index in [4.69, 9.17) is 4.74 Å². The second-order valence-electron chi connectivity index (χ2n) is 5.63. The molecule has 5 nitrogen and oxygen atoms in total. The molecule has 0 radical (unpaired) electrons. The van der Waals surface area contributed by atoms with Gasteiger partial charge in [0.05, 0.1) is 10.2 Å². The second-order valence-corrected chi connectivity index (χ2v) is 6.68. The van der Waals surface area contributed by atoms with Gasteiger partial charge >= 0.3 is 0 Å². The molecule has 3 aromatic rings. The number of nitrogens with zero attached hydrogens (tertiary/aromatic N) is 2. The molecule has 0 atom stereocenters. The summed E-state index contributed by atoms with van der Waals surface area (Å²) in [6.07, 6.45) is 4.79. The van der Waals surface area contributed by atoms with Crippen molar-refractivity contribution in [2.75, 3.05) is 13.1 Å². The lowest BCUT2D eigenvalue weighted by Crippen LogP contribution is -2.19. The average Bonchev–Trinajstić information content (AvgIpc) is 3.09. The molecule has 0 saturated heterocycles. The number of nitrogens with one attached hydrogen (secondary N) is 1. The van der Waals surface area contributed by atoms with Crippen molar-refractivity contribution < 1.29 is 9.13 Å². The minimum Gasteiger partial charge on any atom is -0.453 e. The predicted octanol–water partition coefficient (Wildman–Crippen LogP) is 5.00. The van der Waals surface area contributed by atoms with Gasteiger partial charge in [0.25, 0.3) is 0 Å². The van der Waals surface area contributed by atoms with Crippen LogP contribution in [0.1, 0.15) is 11.3 Å². The summed E-state index contributed by atoms with van der Waals surface area (Å²) < 4.78 is 20.7. The van der Waals surface area contributed by atoms with Crippen molar-refractivity contribution in [3.8, 4) is 11.5 Å². The van der Waals surface area contributed by atoms with E-state index in [-0.39, 0.29) is 11.4 Å². The summed E-state index contributed by atoms with van der Waals surface area (Å²) in [6.45, 7) is 1.82. The van der Waals surface area contributed by atoms with Gasteiger partial charge in [-0.2, -0.15) is 0 Å². The maximum Gasteiger partial charge on any atom is 0.167 e. The molecule has 0 bridgehead atoms. The van der Waals surface area contributed by atoms with Crippen LogP contribution < -0.4 is 10.1 Å². The Morgan fingerprint density at radius 2 is 2.16 bits per heavy atom. The first-order chi connectivity index (χ1) is 12.2. The second kappa shape index (κ2) is 6.70. The number of pyridine rings is 1. The fourth-order valence-electron chi connectivity index (χ4n) is 2.75. The van der Waals surface area contributed by atoms with Crippen LogP contribution in [0.4, 0.5) is 10.1 Å². The third-order valence-electron chi connectivity index (χ3n) is 4.00. The molecule has 0 spiro atoms. The molecular weight excluding hydrogens is 341 g/mol. The van der Waals surface area contributed by atoms with Gasteiger partial charge in [0.1, 0.15) is 11.4 Å². The number of benzene rings is 1. The fraction of sp³-hybridized carbons (Fsp3) is 0.167. The van der Waals surface area contributed by atoms with Crippen LogP contribution in [-0.2, 0) is 0 Å². The first-order valence-electron chi connectivity index (χ1n) is 7.84. The van der Waals surface area contributed by atoms with Gasteiger partial charge in [-0.25, -0.2) is 4.39 Å². The van der Waals surface area contributed by atoms with Crippen LogP contribution in [0.3, 0.4) is 0 Å². The van der Waals surface area contributed by atoms with E-state index >= 15 is 0 Å². The zero-order valence-corrected chi connectivity index (χ0v) is 14.0. The van der Waals surface area contributed by atoms with E-state index in [0.29, 0.717) is 5.75 Å². The molecule has 1 aliphatic heterocycles. The number of ether oxygens (including phenoxy) is 1. The number of fused-ring (bicyclic) bond motifs is 1. The van der Waals surface area contributed by atoms with E-state index in [1.807, 2.05) is 6.07 Å². The highest BCUT2D eigenvalue weighted by atomic mass is 32.1. The molecule has 1 N–H and O–H groups in total. The lowest BCUT2D eigenvalue weighted by molar-refractivity contribution is 0.447. The Bertz CT molecular complexity index is 984. The topological polar surface area (TPSA) is 63.6 Å². The maximum atomic E-state index is 14.1. The van der Waals surface area contributed by atoms with E-state index in [1.54, 1.807) is 23.6 Å². The summed E-state index contributed by atoms with van der Waals surface area (Å²) in [4.78, 5) is 16.0. The quantitative estimate of drug-likeness (QED) is 0.669. The van der Waals surface area contributed by atoms with Gasteiger partial charge in [-0.3, -0.25) is 4.98 Å². The SMILES string of the molecule is O=Nc1ccc(Oc2ccnc3cc(C4=CCNCC4)sc23)c(F)c1. The van der Waals surface area contributed by atoms with Gasteiger partial charge in [-0.15, -0.1) is 16.2 Å². The van der Waals surface area contributed by atoms with E-state index in [0.717, 1.165) is 40.7 Å². The molecule has 0 amide bonds. The lowest BCUT2D eigenvalue weighted by Gasteiger charge is -2.11. The van der Waals surface area contributed by atoms with Crippen LogP contribution in [0.5, 0.6) is 11.5 Å². The summed E-state index contributed by atoms with van der Waals surface area (Å²) in [5, 5.41) is 6.01. The number of hydrogen-bond donors (Lipinski definition) is 1. The normalized spacial score (nSPS) is 14.4. The Morgan fingerprint density at radius 1 is 1.24 bits per heavy atom. The van der Waals surface area contributed by atoms with E-state index in [9.17, 15) is 9.30 Å². The molecule has 1 aliphatic rings. The van der Waals surface area contributed by atoms with Crippen molar-refractivity contribution in [1.82, 2.24) is 10.3 Å². The first-order valence-corrected chi connectivity index (χ1v) is 8.65. The molecule has 7 heteroatoms. The molecule has 0 aliphatic carbocycles. The average molecular weight is 355 g/mol. The number of hydrogen-bond acceptors (Lipinski definition) is 6. The summed E-state index contributed by atoms with van der Waals surface area (Å²) in [5.74, 6) is -0.0302. The van der Waals surface area contributed by atoms with Crippen LogP contribution in [0.2, 0.25) is 0 Å². The highest BCUT2D eigenvalue weighted by Crippen LogP contribution is 2.39. The van der Waals surface area contributed by atoms with Crippen molar-refractivity contribution in [3.63, 3.8) is 0 Å². The zero-order chi connectivity index (χ0) is 17.2. The maximum absolute atomic E-state index is 14.1. The minimum atomic E-state index is -0.625. The van der Waals surface area contributed by atoms with Crippen molar-refractivity contribution in [3.05, 3.63) is 58.2 Å². The van der Waals surface area contributed by atoms with Crippen LogP contribution in [0.25, 0.3) is 15.8 Å². The lowest BCUT2D eigenvalue weighted by atomic mass is 10.1. The minimum absolute atomic E-state index is 0.0287. The first kappa shape index (κ1) is 15.9. The standard InChI is InChI=1S/C18H14FN3O2S/c19-13-9-12(22-23)1-2-15(13)24-16-5-8-21-14-10-17(25-18(14)16)11-3-6-20-7-4-11/h1-3,5,8-10,20H,4,6-7H2. The van der Waals surface area contributed by atoms with E-state index in [1.165, 1.54) is 17.7 Å². The highest BCUT2D eigenvalue weighted by molar-refractivity contribution is 7.20. The van der Waals surface area contributed by atoms with E-state index in [2.05, 4.69) is 21.6 Å². The van der Waals surface area contributed by atoms with Crippen LogP contribution in [-0.4, -0.2) is 18.1 Å². The molecule has 0 fully saturated rings. The molecule has 0 saturated carbocycles. The van der Waals surface area contributed by atoms with Gasteiger partial charge in [-0.05, 0) is 41.9 Å². The molecule has 4 rings (SSSR count). The molecule has 1 aromatic carbocycles. The predicted molar refractivity (Wildman–Crippen MR) is 97.0 cm³/mol. The van der Waals surface area contributed by atoms with E-state index < -0.39 is 5.82 Å². The Hall–Kier alpha value is -2.64. The molecule has 126 valence electrons. The molecule has 0 unspecified atom stereocenters. The zero-order valence-electron chi connectivity index (χ0n) is 13.2. The molecule has 25 heavy (non-hydrogen) atoms. The Kier molecular flexibility index (Phi) is 4.25. The molecule has 2 aromatic heterocycles. The van der Waals surface area contributed by atoms with Gasteiger partial charge in [0.15, 0.2) is 11.6 Å². The number of thiophene rings is 1. The van der Waals surface area contributed by atoms with Crippen LogP contribution >= 0.6 is 11.3 Å². The van der Waals surface area contributed by atoms with Crippen molar-refractivity contribution in [2.24, 2.45) is 5.18 Å². The monoisotopic (exact) mass is 355 g/mol. The van der Waals surface area contributed by atoms with Crippen molar-refractivity contribution >= 4 is 32.8 Å². The fourth-order valence-corrected chi connectivity index (χ4v) is 3.88. The van der Waals surface area contributed by atoms with Crippen LogP contribution in [0, 0.1) is 10.7 Å². The number of rotatable bonds is 4. The van der Waals surface area contributed by atoms with Gasteiger partial charge in [0, 0.05) is 29.8 Å². The Morgan fingerprint density at radius 3 is 2.92 bits per heavy atom. The number of halogens is 1. The Labute approximate surface area is 147 Å². The van der Waals surface area contributed by atoms with Gasteiger partial charge < -0.3 is 10.1 Å². The van der Waals surface area contributed by atoms with Gasteiger partial charge in [0.2, 0.25) is 0 Å². The Balaban J connectivity index is 1.71.